The highest BCUT2D eigenvalue weighted by molar-refractivity contribution is 5.93. The maximum atomic E-state index is 12.2. The van der Waals surface area contributed by atoms with Gasteiger partial charge in [-0.15, -0.1) is 0 Å². The Morgan fingerprint density at radius 2 is 1.69 bits per heavy atom. The molecule has 1 amide bonds. The van der Waals surface area contributed by atoms with E-state index in [1.165, 1.54) is 5.69 Å². The molecule has 49 heavy (non-hydrogen) atoms. The van der Waals surface area contributed by atoms with Crippen molar-refractivity contribution in [3.63, 3.8) is 0 Å². The van der Waals surface area contributed by atoms with E-state index in [0.717, 1.165) is 89.1 Å². The van der Waals surface area contributed by atoms with Gasteiger partial charge in [0.25, 0.3) is 0 Å². The molecule has 0 aromatic carbocycles. The molecule has 4 aromatic rings. The molecule has 0 aliphatic heterocycles. The van der Waals surface area contributed by atoms with Crippen molar-refractivity contribution in [2.75, 3.05) is 37.1 Å². The molecule has 2 N–H and O–H groups in total. The zero-order valence-corrected chi connectivity index (χ0v) is 29.9. The molecule has 0 spiro atoms. The second-order valence-electron chi connectivity index (χ2n) is 14.9. The number of carbonyl (C=O) groups excluding carboxylic acids is 1. The Kier molecular flexibility index (Phi) is 10.5. The van der Waals surface area contributed by atoms with Crippen LogP contribution in [0.2, 0.25) is 0 Å². The van der Waals surface area contributed by atoms with Gasteiger partial charge < -0.3 is 29.4 Å². The van der Waals surface area contributed by atoms with Crippen molar-refractivity contribution >= 4 is 34.7 Å². The molecular weight excluding hydrogens is 620 g/mol. The van der Waals surface area contributed by atoms with Crippen LogP contribution in [0.4, 0.5) is 17.6 Å². The fourth-order valence-corrected chi connectivity index (χ4v) is 6.34. The highest BCUT2D eigenvalue weighted by Crippen LogP contribution is 2.50. The molecule has 4 heterocycles. The standard InChI is InChI=1S/C37H52N8O4/c1-7-9-15-47-23-37(24-48-16-10-8-2)20-26(21-37)45-30(36(3,4)5)19-32(43-45)41-35-42-33-29(44(35)6)17-28(22-39-33)49-27-13-14-38-31(18-27)40-34(46)25-11-12-25/h13-14,17-19,22,25-26H,7-12,15-16,20-21,23-24H2,1-6H3,(H,38,40,46)(H,39,41,42,43). The highest BCUT2D eigenvalue weighted by atomic mass is 16.5. The van der Waals surface area contributed by atoms with Crippen molar-refractivity contribution < 1.29 is 19.0 Å². The molecule has 4 aromatic heterocycles. The fraction of sp³-hybridized carbons (Fsp3) is 0.595. The Hall–Kier alpha value is -4.03. The van der Waals surface area contributed by atoms with Crippen molar-refractivity contribution in [3.8, 4) is 11.5 Å². The lowest BCUT2D eigenvalue weighted by Crippen LogP contribution is -2.46. The summed E-state index contributed by atoms with van der Waals surface area (Å²) < 4.78 is 22.6. The van der Waals surface area contributed by atoms with Gasteiger partial charge in [-0.1, -0.05) is 47.5 Å². The van der Waals surface area contributed by atoms with Crippen LogP contribution in [-0.2, 0) is 26.7 Å². The van der Waals surface area contributed by atoms with Crippen LogP contribution < -0.4 is 15.4 Å². The smallest absolute Gasteiger partial charge is 0.228 e. The summed E-state index contributed by atoms with van der Waals surface area (Å²) in [7, 11) is 1.94. The number of imidazole rings is 1. The Bertz CT molecular complexity index is 1720. The molecule has 0 atom stereocenters. The average Bonchev–Trinajstić information content (AvgIpc) is 3.75. The number of amides is 1. The molecule has 12 nitrogen and oxygen atoms in total. The number of fused-ring (bicyclic) bond motifs is 1. The molecule has 0 unspecified atom stereocenters. The van der Waals surface area contributed by atoms with Gasteiger partial charge in [-0.2, -0.15) is 10.1 Å². The van der Waals surface area contributed by atoms with Crippen LogP contribution in [0.1, 0.15) is 97.7 Å². The zero-order valence-electron chi connectivity index (χ0n) is 29.9. The number of pyridine rings is 2. The molecule has 2 aliphatic rings. The maximum Gasteiger partial charge on any atom is 0.228 e. The first-order valence-electron chi connectivity index (χ1n) is 17.9. The van der Waals surface area contributed by atoms with E-state index in [4.69, 9.17) is 24.3 Å². The monoisotopic (exact) mass is 672 g/mol. The Morgan fingerprint density at radius 3 is 2.35 bits per heavy atom. The van der Waals surface area contributed by atoms with Crippen LogP contribution in [0.5, 0.6) is 11.5 Å². The summed E-state index contributed by atoms with van der Waals surface area (Å²) in [5.41, 5.74) is 2.49. The maximum absolute atomic E-state index is 12.2. The van der Waals surface area contributed by atoms with E-state index < -0.39 is 0 Å². The average molecular weight is 673 g/mol. The van der Waals surface area contributed by atoms with Gasteiger partial charge in [-0.3, -0.25) is 9.48 Å². The topological polar surface area (TPSA) is 130 Å². The SMILES string of the molecule is CCCCOCC1(COCCCC)CC(n2nc(Nc3nc4ncc(Oc5ccnc(NC(=O)C6CC6)c5)cc4n3C)cc2C(C)(C)C)C1. The first-order chi connectivity index (χ1) is 23.6. The lowest BCUT2D eigenvalue weighted by Gasteiger charge is -2.48. The third-order valence-corrected chi connectivity index (χ3v) is 9.41. The number of aromatic nitrogens is 6. The lowest BCUT2D eigenvalue weighted by molar-refractivity contribution is -0.117. The predicted molar refractivity (Wildman–Crippen MR) is 191 cm³/mol. The summed E-state index contributed by atoms with van der Waals surface area (Å²) in [6.45, 7) is 14.1. The van der Waals surface area contributed by atoms with E-state index in [2.05, 4.69) is 66.0 Å². The number of hydrogen-bond acceptors (Lipinski definition) is 9. The second-order valence-corrected chi connectivity index (χ2v) is 14.9. The minimum absolute atomic E-state index is 0.00251. The largest absolute Gasteiger partial charge is 0.455 e. The number of carbonyl (C=O) groups is 1. The molecular formula is C37H52N8O4. The number of ether oxygens (including phenoxy) is 3. The van der Waals surface area contributed by atoms with Crippen molar-refractivity contribution in [2.45, 2.75) is 97.4 Å². The summed E-state index contributed by atoms with van der Waals surface area (Å²) >= 11 is 0. The van der Waals surface area contributed by atoms with Gasteiger partial charge in [-0.25, -0.2) is 9.97 Å². The Labute approximate surface area is 289 Å². The van der Waals surface area contributed by atoms with Crippen molar-refractivity contribution in [3.05, 3.63) is 42.4 Å². The minimum atomic E-state index is -0.103. The third-order valence-electron chi connectivity index (χ3n) is 9.41. The zero-order chi connectivity index (χ0) is 34.6. The Morgan fingerprint density at radius 1 is 0.980 bits per heavy atom. The summed E-state index contributed by atoms with van der Waals surface area (Å²) in [5, 5.41) is 11.4. The number of nitrogens with one attached hydrogen (secondary N) is 2. The van der Waals surface area contributed by atoms with Gasteiger partial charge >= 0.3 is 0 Å². The molecule has 0 saturated heterocycles. The molecule has 0 bridgehead atoms. The highest BCUT2D eigenvalue weighted by Gasteiger charge is 2.47. The van der Waals surface area contributed by atoms with Crippen LogP contribution in [0, 0.1) is 11.3 Å². The van der Waals surface area contributed by atoms with E-state index >= 15 is 0 Å². The van der Waals surface area contributed by atoms with Gasteiger partial charge in [0.15, 0.2) is 11.5 Å². The third kappa shape index (κ3) is 8.41. The number of aryl methyl sites for hydroxylation is 1. The number of nitrogens with zero attached hydrogens (tertiary/aromatic N) is 6. The number of rotatable bonds is 17. The number of anilines is 3. The van der Waals surface area contributed by atoms with Crippen molar-refractivity contribution in [1.29, 1.82) is 0 Å². The van der Waals surface area contributed by atoms with Gasteiger partial charge in [0.05, 0.1) is 31.0 Å². The van der Waals surface area contributed by atoms with Crippen molar-refractivity contribution in [2.24, 2.45) is 18.4 Å². The fourth-order valence-electron chi connectivity index (χ4n) is 6.34. The molecule has 12 heteroatoms. The molecule has 0 radical (unpaired) electrons. The van der Waals surface area contributed by atoms with Crippen LogP contribution in [0.15, 0.2) is 36.7 Å². The quantitative estimate of drug-likeness (QED) is 0.108. The number of hydrogen-bond donors (Lipinski definition) is 2. The summed E-state index contributed by atoms with van der Waals surface area (Å²) in [5.74, 6) is 3.06. The van der Waals surface area contributed by atoms with Gasteiger partial charge in [0.2, 0.25) is 11.9 Å². The normalized spacial score (nSPS) is 16.1. The van der Waals surface area contributed by atoms with Crippen LogP contribution in [-0.4, -0.2) is 61.6 Å². The molecule has 6 rings (SSSR count). The molecule has 2 aliphatic carbocycles. The molecule has 2 fully saturated rings. The van der Waals surface area contributed by atoms with E-state index in [0.29, 0.717) is 28.9 Å². The Balaban J connectivity index is 1.16. The van der Waals surface area contributed by atoms with Gasteiger partial charge in [-0.05, 0) is 44.6 Å². The van der Waals surface area contributed by atoms with E-state index in [-0.39, 0.29) is 28.7 Å². The van der Waals surface area contributed by atoms with E-state index in [1.807, 2.05) is 17.7 Å². The van der Waals surface area contributed by atoms with Gasteiger partial charge in [0, 0.05) is 67.1 Å². The van der Waals surface area contributed by atoms with E-state index in [9.17, 15) is 4.79 Å². The van der Waals surface area contributed by atoms with E-state index in [1.54, 1.807) is 24.5 Å². The molecule has 2 saturated carbocycles. The second kappa shape index (κ2) is 14.8. The first-order valence-corrected chi connectivity index (χ1v) is 17.9. The number of unbranched alkanes of at least 4 members (excludes halogenated alkanes) is 2. The summed E-state index contributed by atoms with van der Waals surface area (Å²) in [6.07, 6.45) is 11.5. The minimum Gasteiger partial charge on any atom is -0.455 e. The summed E-state index contributed by atoms with van der Waals surface area (Å²) in [6, 6.07) is 7.78. The van der Waals surface area contributed by atoms with Crippen molar-refractivity contribution in [1.82, 2.24) is 29.3 Å². The van der Waals surface area contributed by atoms with Crippen LogP contribution >= 0.6 is 0 Å². The molecule has 264 valence electrons. The van der Waals surface area contributed by atoms with Crippen LogP contribution in [0.3, 0.4) is 0 Å². The lowest BCUT2D eigenvalue weighted by atomic mass is 9.66. The summed E-state index contributed by atoms with van der Waals surface area (Å²) in [4.78, 5) is 25.8. The predicted octanol–water partition coefficient (Wildman–Crippen LogP) is 7.70. The van der Waals surface area contributed by atoms with Crippen LogP contribution in [0.25, 0.3) is 11.2 Å². The van der Waals surface area contributed by atoms with Gasteiger partial charge in [0.1, 0.15) is 17.3 Å². The first kappa shape index (κ1) is 34.8.